The minimum absolute atomic E-state index is 0.0588. The van der Waals surface area contributed by atoms with Crippen molar-refractivity contribution in [1.82, 2.24) is 0 Å². The largest absolute Gasteiger partial charge is 0.293 e. The number of nitrogens with zero attached hydrogens (tertiary/aromatic N) is 2. The SMILES string of the molecule is Cc1c(C#N)ccc(C(=O)CCl)c1[N+](=O)[O-]. The van der Waals surface area contributed by atoms with E-state index in [1.165, 1.54) is 19.1 Å². The lowest BCUT2D eigenvalue weighted by Crippen LogP contribution is -2.07. The molecule has 0 saturated carbocycles. The Bertz CT molecular complexity index is 506. The first-order valence-corrected chi connectivity index (χ1v) is 4.83. The van der Waals surface area contributed by atoms with Crippen molar-refractivity contribution < 1.29 is 9.72 Å². The fourth-order valence-electron chi connectivity index (χ4n) is 1.35. The van der Waals surface area contributed by atoms with Crippen LogP contribution < -0.4 is 0 Å². The molecule has 0 fully saturated rings. The summed E-state index contributed by atoms with van der Waals surface area (Å²) in [4.78, 5) is 21.5. The highest BCUT2D eigenvalue weighted by Crippen LogP contribution is 2.26. The molecular weight excluding hydrogens is 232 g/mol. The Morgan fingerprint density at radius 3 is 2.69 bits per heavy atom. The second-order valence-corrected chi connectivity index (χ2v) is 3.33. The van der Waals surface area contributed by atoms with Gasteiger partial charge >= 0.3 is 0 Å². The maximum Gasteiger partial charge on any atom is 0.284 e. The third-order valence-corrected chi connectivity index (χ3v) is 2.40. The quantitative estimate of drug-likeness (QED) is 0.350. The number of alkyl halides is 1. The Morgan fingerprint density at radius 1 is 1.62 bits per heavy atom. The van der Waals surface area contributed by atoms with Gasteiger partial charge in [0.15, 0.2) is 5.78 Å². The molecule has 16 heavy (non-hydrogen) atoms. The predicted molar refractivity (Wildman–Crippen MR) is 57.6 cm³/mol. The number of hydrogen-bond acceptors (Lipinski definition) is 4. The van der Waals surface area contributed by atoms with E-state index in [0.717, 1.165) is 0 Å². The molecule has 1 rings (SSSR count). The van der Waals surface area contributed by atoms with E-state index in [1.54, 1.807) is 0 Å². The van der Waals surface area contributed by atoms with Crippen LogP contribution in [0.5, 0.6) is 0 Å². The molecule has 82 valence electrons. The highest BCUT2D eigenvalue weighted by Gasteiger charge is 2.24. The van der Waals surface area contributed by atoms with Crippen LogP contribution in [0.25, 0.3) is 0 Å². The maximum absolute atomic E-state index is 11.4. The molecule has 0 spiro atoms. The molecule has 0 heterocycles. The van der Waals surface area contributed by atoms with Gasteiger partial charge in [-0.15, -0.1) is 11.6 Å². The average molecular weight is 239 g/mol. The number of benzene rings is 1. The monoisotopic (exact) mass is 238 g/mol. The van der Waals surface area contributed by atoms with Gasteiger partial charge in [0.1, 0.15) is 0 Å². The van der Waals surface area contributed by atoms with Crippen molar-refractivity contribution in [2.75, 3.05) is 5.88 Å². The van der Waals surface area contributed by atoms with E-state index in [2.05, 4.69) is 0 Å². The Hall–Kier alpha value is -1.93. The molecule has 0 aliphatic rings. The molecule has 6 heteroatoms. The Morgan fingerprint density at radius 2 is 2.25 bits per heavy atom. The molecular formula is C10H7ClN2O3. The fourth-order valence-corrected chi connectivity index (χ4v) is 1.50. The van der Waals surface area contributed by atoms with E-state index in [9.17, 15) is 14.9 Å². The zero-order chi connectivity index (χ0) is 12.3. The number of rotatable bonds is 3. The van der Waals surface area contributed by atoms with E-state index >= 15 is 0 Å². The number of nitro benzene ring substituents is 1. The maximum atomic E-state index is 11.4. The first-order valence-electron chi connectivity index (χ1n) is 4.30. The van der Waals surface area contributed by atoms with Crippen molar-refractivity contribution in [2.45, 2.75) is 6.92 Å². The van der Waals surface area contributed by atoms with Gasteiger partial charge in [-0.3, -0.25) is 14.9 Å². The van der Waals surface area contributed by atoms with Crippen molar-refractivity contribution >= 4 is 23.1 Å². The van der Waals surface area contributed by atoms with Gasteiger partial charge in [0.05, 0.1) is 28.0 Å². The minimum Gasteiger partial charge on any atom is -0.293 e. The zero-order valence-corrected chi connectivity index (χ0v) is 9.11. The van der Waals surface area contributed by atoms with E-state index in [4.69, 9.17) is 16.9 Å². The molecule has 0 unspecified atom stereocenters. The van der Waals surface area contributed by atoms with E-state index in [0.29, 0.717) is 0 Å². The summed E-state index contributed by atoms with van der Waals surface area (Å²) in [6, 6.07) is 4.46. The van der Waals surface area contributed by atoms with Gasteiger partial charge in [-0.05, 0) is 19.1 Å². The number of carbonyl (C=O) groups is 1. The second kappa shape index (κ2) is 4.73. The van der Waals surface area contributed by atoms with Crippen LogP contribution in [0.1, 0.15) is 21.5 Å². The fraction of sp³-hybridized carbons (Fsp3) is 0.200. The summed E-state index contributed by atoms with van der Waals surface area (Å²) < 4.78 is 0. The number of nitriles is 1. The van der Waals surface area contributed by atoms with Gasteiger partial charge in [-0.25, -0.2) is 0 Å². The Labute approximate surface area is 96.4 Å². The molecule has 0 bridgehead atoms. The van der Waals surface area contributed by atoms with Gasteiger partial charge in [0, 0.05) is 5.56 Å². The van der Waals surface area contributed by atoms with Crippen molar-refractivity contribution in [3.05, 3.63) is 38.9 Å². The number of carbonyl (C=O) groups excluding carboxylic acids is 1. The predicted octanol–water partition coefficient (Wildman–Crippen LogP) is 2.20. The summed E-state index contributed by atoms with van der Waals surface area (Å²) in [7, 11) is 0. The van der Waals surface area contributed by atoms with E-state index in [-0.39, 0.29) is 28.3 Å². The topological polar surface area (TPSA) is 84.0 Å². The molecule has 0 atom stereocenters. The van der Waals surface area contributed by atoms with Crippen LogP contribution in [0.2, 0.25) is 0 Å². The summed E-state index contributed by atoms with van der Waals surface area (Å²) in [6.07, 6.45) is 0. The zero-order valence-electron chi connectivity index (χ0n) is 8.36. The van der Waals surface area contributed by atoms with Gasteiger partial charge in [0.2, 0.25) is 0 Å². The third-order valence-electron chi connectivity index (χ3n) is 2.16. The molecule has 0 aliphatic carbocycles. The van der Waals surface area contributed by atoms with Crippen LogP contribution in [0.3, 0.4) is 0 Å². The number of nitro groups is 1. The van der Waals surface area contributed by atoms with E-state index in [1.807, 2.05) is 6.07 Å². The molecule has 0 radical (unpaired) electrons. The number of ketones is 1. The third kappa shape index (κ3) is 2.02. The van der Waals surface area contributed by atoms with Gasteiger partial charge in [-0.2, -0.15) is 5.26 Å². The van der Waals surface area contributed by atoms with Crippen molar-refractivity contribution in [3.63, 3.8) is 0 Å². The molecule has 0 aromatic heterocycles. The highest BCUT2D eigenvalue weighted by molar-refractivity contribution is 6.31. The van der Waals surface area contributed by atoms with Gasteiger partial charge < -0.3 is 0 Å². The van der Waals surface area contributed by atoms with Crippen molar-refractivity contribution in [3.8, 4) is 6.07 Å². The van der Waals surface area contributed by atoms with E-state index < -0.39 is 10.7 Å². The normalized spacial score (nSPS) is 9.56. The minimum atomic E-state index is -0.671. The summed E-state index contributed by atoms with van der Waals surface area (Å²) in [5.41, 5.74) is -0.0394. The van der Waals surface area contributed by atoms with Crippen molar-refractivity contribution in [2.24, 2.45) is 0 Å². The molecule has 1 aromatic rings. The summed E-state index contributed by atoms with van der Waals surface area (Å²) in [5, 5.41) is 19.6. The first kappa shape index (κ1) is 12.1. The van der Waals surface area contributed by atoms with Crippen LogP contribution in [-0.2, 0) is 0 Å². The second-order valence-electron chi connectivity index (χ2n) is 3.06. The molecule has 5 nitrogen and oxygen atoms in total. The molecule has 0 saturated heterocycles. The molecule has 0 N–H and O–H groups in total. The first-order chi connectivity index (χ1) is 7.52. The number of hydrogen-bond donors (Lipinski definition) is 0. The van der Waals surface area contributed by atoms with Crippen LogP contribution in [0, 0.1) is 28.4 Å². The summed E-state index contributed by atoms with van der Waals surface area (Å²) in [5.74, 6) is -0.854. The summed E-state index contributed by atoms with van der Waals surface area (Å²) in [6.45, 7) is 1.43. The Kier molecular flexibility index (Phi) is 3.59. The average Bonchev–Trinajstić information content (AvgIpc) is 2.26. The highest BCUT2D eigenvalue weighted by atomic mass is 35.5. The standard InChI is InChI=1S/C10H7ClN2O3/c1-6-7(5-12)2-3-8(9(14)4-11)10(6)13(15)16/h2-3H,4H2,1H3. The summed E-state index contributed by atoms with van der Waals surface area (Å²) >= 11 is 5.35. The smallest absolute Gasteiger partial charge is 0.284 e. The van der Waals surface area contributed by atoms with Crippen LogP contribution >= 0.6 is 11.6 Å². The van der Waals surface area contributed by atoms with Crippen LogP contribution in [0.15, 0.2) is 12.1 Å². The van der Waals surface area contributed by atoms with Crippen LogP contribution in [-0.4, -0.2) is 16.6 Å². The molecule has 1 aromatic carbocycles. The van der Waals surface area contributed by atoms with Crippen molar-refractivity contribution in [1.29, 1.82) is 5.26 Å². The van der Waals surface area contributed by atoms with Crippen LogP contribution in [0.4, 0.5) is 5.69 Å². The lowest BCUT2D eigenvalue weighted by Gasteiger charge is -2.04. The Balaban J connectivity index is 3.54. The van der Waals surface area contributed by atoms with Gasteiger partial charge in [-0.1, -0.05) is 0 Å². The number of Topliss-reactive ketones (excluding diaryl/α,β-unsaturated/α-hetero) is 1. The lowest BCUT2D eigenvalue weighted by molar-refractivity contribution is -0.385. The molecule has 0 amide bonds. The number of halogens is 1. The molecule has 0 aliphatic heterocycles. The lowest BCUT2D eigenvalue weighted by atomic mass is 10.0. The van der Waals surface area contributed by atoms with Gasteiger partial charge in [0.25, 0.3) is 5.69 Å².